The number of amides is 1. The predicted octanol–water partition coefficient (Wildman–Crippen LogP) is 4.05. The molecule has 0 radical (unpaired) electrons. The number of ether oxygens (including phenoxy) is 1. The van der Waals surface area contributed by atoms with Gasteiger partial charge in [-0.15, -0.1) is 0 Å². The first-order valence-electron chi connectivity index (χ1n) is 10.3. The Kier molecular flexibility index (Phi) is 5.07. The van der Waals surface area contributed by atoms with Gasteiger partial charge in [0.25, 0.3) is 5.91 Å². The Morgan fingerprint density at radius 2 is 1.93 bits per heavy atom. The molecule has 1 aromatic carbocycles. The Labute approximate surface area is 161 Å². The average molecular weight is 367 g/mol. The number of cyclic esters (lactones) is 1. The molecule has 3 fully saturated rings. The molecule has 1 aromatic rings. The largest absolute Gasteiger partial charge is 0.465 e. The summed E-state index contributed by atoms with van der Waals surface area (Å²) >= 11 is 0. The van der Waals surface area contributed by atoms with Crippen molar-refractivity contribution >= 4 is 11.9 Å². The molecule has 0 bridgehead atoms. The number of carbonyl (C=O) groups excluding carboxylic acids is 2. The highest BCUT2D eigenvalue weighted by Crippen LogP contribution is 2.52. The molecule has 144 valence electrons. The molecule has 2 atom stereocenters. The normalized spacial score (nSPS) is 28.1. The van der Waals surface area contributed by atoms with Crippen LogP contribution in [0, 0.1) is 17.3 Å². The summed E-state index contributed by atoms with van der Waals surface area (Å²) in [4.78, 5) is 24.8. The van der Waals surface area contributed by atoms with Crippen LogP contribution in [0.3, 0.4) is 0 Å². The zero-order valence-electron chi connectivity index (χ0n) is 16.0. The van der Waals surface area contributed by atoms with Gasteiger partial charge < -0.3 is 10.1 Å². The topological polar surface area (TPSA) is 55.4 Å². The zero-order chi connectivity index (χ0) is 18.9. The minimum absolute atomic E-state index is 0.00214. The van der Waals surface area contributed by atoms with Crippen LogP contribution in [0.15, 0.2) is 36.4 Å². The van der Waals surface area contributed by atoms with Crippen molar-refractivity contribution in [2.75, 3.05) is 13.2 Å². The molecule has 3 aliphatic rings. The predicted molar refractivity (Wildman–Crippen MR) is 104 cm³/mol. The molecule has 4 rings (SSSR count). The lowest BCUT2D eigenvalue weighted by atomic mass is 9.75. The third-order valence-corrected chi connectivity index (χ3v) is 6.72. The van der Waals surface area contributed by atoms with Crippen molar-refractivity contribution in [3.05, 3.63) is 47.5 Å². The first-order chi connectivity index (χ1) is 13.1. The van der Waals surface area contributed by atoms with Gasteiger partial charge in [0.1, 0.15) is 0 Å². The van der Waals surface area contributed by atoms with Gasteiger partial charge in [-0.1, -0.05) is 43.5 Å². The fraction of sp³-hybridized carbons (Fsp3) is 0.565. The van der Waals surface area contributed by atoms with Gasteiger partial charge in [0, 0.05) is 18.0 Å². The van der Waals surface area contributed by atoms with Crippen molar-refractivity contribution in [3.8, 4) is 0 Å². The van der Waals surface area contributed by atoms with E-state index in [2.05, 4.69) is 11.9 Å². The SMILES string of the molecule is C=C1C[C@@H]2COC(=O)[C@]2(Cc2ccc(C(=O)NCC3CCCCC3)cc2)C1. The number of benzene rings is 1. The van der Waals surface area contributed by atoms with E-state index >= 15 is 0 Å². The first-order valence-corrected chi connectivity index (χ1v) is 10.3. The Bertz CT molecular complexity index is 732. The highest BCUT2D eigenvalue weighted by Gasteiger charge is 2.55. The Hall–Kier alpha value is -2.10. The second-order valence-corrected chi connectivity index (χ2v) is 8.67. The van der Waals surface area contributed by atoms with Gasteiger partial charge >= 0.3 is 5.97 Å². The fourth-order valence-electron chi connectivity index (χ4n) is 5.13. The third kappa shape index (κ3) is 3.67. The molecule has 1 amide bonds. The van der Waals surface area contributed by atoms with Crippen molar-refractivity contribution in [1.29, 1.82) is 0 Å². The van der Waals surface area contributed by atoms with Gasteiger partial charge in [-0.3, -0.25) is 9.59 Å². The molecule has 4 heteroatoms. The molecule has 1 aliphatic heterocycles. The quantitative estimate of drug-likeness (QED) is 0.631. The van der Waals surface area contributed by atoms with E-state index in [9.17, 15) is 9.59 Å². The number of hydrogen-bond acceptors (Lipinski definition) is 3. The lowest BCUT2D eigenvalue weighted by Crippen LogP contribution is -2.31. The number of rotatable bonds is 5. The highest BCUT2D eigenvalue weighted by atomic mass is 16.5. The van der Waals surface area contributed by atoms with E-state index in [1.807, 2.05) is 24.3 Å². The van der Waals surface area contributed by atoms with Crippen LogP contribution in [0.1, 0.15) is 60.9 Å². The number of esters is 1. The summed E-state index contributed by atoms with van der Waals surface area (Å²) in [6.07, 6.45) is 8.62. The molecule has 4 nitrogen and oxygen atoms in total. The van der Waals surface area contributed by atoms with Crippen LogP contribution in [-0.4, -0.2) is 25.0 Å². The highest BCUT2D eigenvalue weighted by molar-refractivity contribution is 5.94. The third-order valence-electron chi connectivity index (χ3n) is 6.72. The fourth-order valence-corrected chi connectivity index (χ4v) is 5.13. The van der Waals surface area contributed by atoms with Crippen molar-refractivity contribution in [1.82, 2.24) is 5.32 Å². The number of carbonyl (C=O) groups is 2. The van der Waals surface area contributed by atoms with Crippen LogP contribution in [0.25, 0.3) is 0 Å². The number of nitrogens with one attached hydrogen (secondary N) is 1. The van der Waals surface area contributed by atoms with Crippen molar-refractivity contribution in [2.45, 2.75) is 51.4 Å². The maximum Gasteiger partial charge on any atom is 0.313 e. The van der Waals surface area contributed by atoms with Crippen LogP contribution in [0.5, 0.6) is 0 Å². The smallest absolute Gasteiger partial charge is 0.313 e. The minimum atomic E-state index is -0.443. The lowest BCUT2D eigenvalue weighted by molar-refractivity contribution is -0.146. The van der Waals surface area contributed by atoms with Gasteiger partial charge in [-0.05, 0) is 55.7 Å². The molecule has 1 saturated heterocycles. The molecule has 0 unspecified atom stereocenters. The monoisotopic (exact) mass is 367 g/mol. The lowest BCUT2D eigenvalue weighted by Gasteiger charge is -2.24. The van der Waals surface area contributed by atoms with E-state index in [1.54, 1.807) is 0 Å². The standard InChI is InChI=1S/C23H29NO3/c1-16-11-20-15-27-22(26)23(20,12-16)13-17-7-9-19(10-8-17)21(25)24-14-18-5-3-2-4-6-18/h7-10,18,20H,1-6,11-15H2,(H,24,25)/t20-,23+/m1/s1. The first kappa shape index (κ1) is 18.3. The Balaban J connectivity index is 1.38. The van der Waals surface area contributed by atoms with E-state index in [0.717, 1.165) is 30.5 Å². The minimum Gasteiger partial charge on any atom is -0.465 e. The summed E-state index contributed by atoms with van der Waals surface area (Å²) in [6.45, 7) is 5.38. The van der Waals surface area contributed by atoms with Crippen LogP contribution in [0.4, 0.5) is 0 Å². The molecular weight excluding hydrogens is 338 g/mol. The average Bonchev–Trinajstić information content (AvgIpc) is 3.15. The van der Waals surface area contributed by atoms with Crippen LogP contribution in [-0.2, 0) is 16.0 Å². The van der Waals surface area contributed by atoms with E-state index in [4.69, 9.17) is 4.74 Å². The molecule has 1 N–H and O–H groups in total. The van der Waals surface area contributed by atoms with Gasteiger partial charge in [0.05, 0.1) is 12.0 Å². The molecule has 1 heterocycles. The number of hydrogen-bond donors (Lipinski definition) is 1. The van der Waals surface area contributed by atoms with E-state index in [0.29, 0.717) is 24.5 Å². The van der Waals surface area contributed by atoms with Crippen molar-refractivity contribution in [3.63, 3.8) is 0 Å². The Morgan fingerprint density at radius 1 is 1.19 bits per heavy atom. The molecule has 2 saturated carbocycles. The van der Waals surface area contributed by atoms with Crippen LogP contribution < -0.4 is 5.32 Å². The van der Waals surface area contributed by atoms with Crippen molar-refractivity contribution in [2.24, 2.45) is 17.3 Å². The zero-order valence-corrected chi connectivity index (χ0v) is 16.0. The summed E-state index contributed by atoms with van der Waals surface area (Å²) < 4.78 is 5.35. The summed E-state index contributed by atoms with van der Waals surface area (Å²) in [7, 11) is 0. The van der Waals surface area contributed by atoms with Crippen molar-refractivity contribution < 1.29 is 14.3 Å². The molecule has 2 aliphatic carbocycles. The maximum absolute atomic E-state index is 12.4. The van der Waals surface area contributed by atoms with Crippen LogP contribution >= 0.6 is 0 Å². The molecule has 27 heavy (non-hydrogen) atoms. The molecular formula is C23H29NO3. The summed E-state index contributed by atoms with van der Waals surface area (Å²) in [5.74, 6) is 0.788. The van der Waals surface area contributed by atoms with Gasteiger partial charge in [0.2, 0.25) is 0 Å². The molecule has 0 aromatic heterocycles. The maximum atomic E-state index is 12.4. The summed E-state index contributed by atoms with van der Waals surface area (Å²) in [5, 5.41) is 3.09. The van der Waals surface area contributed by atoms with E-state index < -0.39 is 5.41 Å². The number of allylic oxidation sites excluding steroid dienone is 1. The van der Waals surface area contributed by atoms with Crippen LogP contribution in [0.2, 0.25) is 0 Å². The Morgan fingerprint density at radius 3 is 2.67 bits per heavy atom. The summed E-state index contributed by atoms with van der Waals surface area (Å²) in [6, 6.07) is 7.71. The second kappa shape index (κ2) is 7.49. The second-order valence-electron chi connectivity index (χ2n) is 8.67. The van der Waals surface area contributed by atoms with E-state index in [1.165, 1.54) is 32.1 Å². The van der Waals surface area contributed by atoms with E-state index in [-0.39, 0.29) is 17.8 Å². The van der Waals surface area contributed by atoms with Gasteiger partial charge in [-0.2, -0.15) is 0 Å². The van der Waals surface area contributed by atoms with Gasteiger partial charge in [-0.25, -0.2) is 0 Å². The number of fused-ring (bicyclic) bond motifs is 1. The molecule has 0 spiro atoms. The summed E-state index contributed by atoms with van der Waals surface area (Å²) in [5.41, 5.74) is 2.48. The van der Waals surface area contributed by atoms with Gasteiger partial charge in [0.15, 0.2) is 0 Å².